The number of para-hydroxylation sites is 1. The van der Waals surface area contributed by atoms with Crippen molar-refractivity contribution < 1.29 is 19.0 Å². The molecule has 0 atom stereocenters. The molecule has 31 heavy (non-hydrogen) atoms. The number of rotatable bonds is 5. The number of nitrogens with zero attached hydrogens (tertiary/aromatic N) is 5. The molecule has 2 saturated heterocycles. The van der Waals surface area contributed by atoms with Crippen molar-refractivity contribution in [2.24, 2.45) is 0 Å². The van der Waals surface area contributed by atoms with Gasteiger partial charge in [0.25, 0.3) is 0 Å². The monoisotopic (exact) mass is 428 g/mol. The molecule has 166 valence electrons. The number of carbonyl (C=O) groups is 1. The number of morpholine rings is 1. The largest absolute Gasteiger partial charge is 0.493 e. The molecule has 1 aromatic heterocycles. The molecule has 2 fully saturated rings. The van der Waals surface area contributed by atoms with E-state index < -0.39 is 0 Å². The second-order valence-electron chi connectivity index (χ2n) is 7.32. The highest BCUT2D eigenvalue weighted by molar-refractivity contribution is 5.91. The topological polar surface area (TPSA) is 92.3 Å². The highest BCUT2D eigenvalue weighted by Gasteiger charge is 2.24. The minimum absolute atomic E-state index is 0.167. The highest BCUT2D eigenvalue weighted by Crippen LogP contribution is 2.34. The van der Waals surface area contributed by atoms with Gasteiger partial charge >= 0.3 is 6.03 Å². The number of nitrogens with one attached hydrogen (secondary N) is 1. The Morgan fingerprint density at radius 2 is 1.81 bits per heavy atom. The summed E-state index contributed by atoms with van der Waals surface area (Å²) in [6.45, 7) is 5.70. The zero-order valence-electron chi connectivity index (χ0n) is 17.9. The average molecular weight is 428 g/mol. The minimum atomic E-state index is -0.167. The number of ether oxygens (including phenoxy) is 3. The van der Waals surface area contributed by atoms with Gasteiger partial charge in [0.1, 0.15) is 0 Å². The van der Waals surface area contributed by atoms with Crippen LogP contribution in [0.2, 0.25) is 0 Å². The van der Waals surface area contributed by atoms with Crippen LogP contribution < -0.4 is 24.6 Å². The predicted octanol–water partition coefficient (Wildman–Crippen LogP) is 1.68. The Balaban J connectivity index is 1.36. The molecule has 2 aliphatic heterocycles. The van der Waals surface area contributed by atoms with Crippen LogP contribution in [0.15, 0.2) is 30.5 Å². The summed E-state index contributed by atoms with van der Waals surface area (Å²) in [7, 11) is 3.12. The van der Waals surface area contributed by atoms with Gasteiger partial charge in [0.15, 0.2) is 17.3 Å². The van der Waals surface area contributed by atoms with Gasteiger partial charge in [-0.2, -0.15) is 5.10 Å². The van der Waals surface area contributed by atoms with E-state index in [0.29, 0.717) is 43.4 Å². The van der Waals surface area contributed by atoms with E-state index >= 15 is 0 Å². The molecular weight excluding hydrogens is 400 g/mol. The molecule has 1 N–H and O–H groups in total. The maximum Gasteiger partial charge on any atom is 0.322 e. The molecule has 4 rings (SSSR count). The molecule has 0 radical (unpaired) electrons. The lowest BCUT2D eigenvalue weighted by Crippen LogP contribution is -2.50. The first kappa shape index (κ1) is 21.0. The van der Waals surface area contributed by atoms with Crippen LogP contribution in [0.4, 0.5) is 22.0 Å². The molecule has 2 aliphatic rings. The van der Waals surface area contributed by atoms with E-state index in [1.54, 1.807) is 37.4 Å². The van der Waals surface area contributed by atoms with Crippen molar-refractivity contribution in [1.29, 1.82) is 0 Å². The standard InChI is InChI=1S/C21H28N6O4/c1-29-18-5-3-4-17(20(18)30-2)23-21(28)27-8-6-26(7-9-27)19-14-16(15-22-24-19)25-10-12-31-13-11-25/h3-5,14-15H,6-13H2,1-2H3,(H,23,28). The Morgan fingerprint density at radius 1 is 1.03 bits per heavy atom. The van der Waals surface area contributed by atoms with Crippen molar-refractivity contribution in [2.45, 2.75) is 0 Å². The zero-order chi connectivity index (χ0) is 21.6. The Hall–Kier alpha value is -3.27. The fourth-order valence-corrected chi connectivity index (χ4v) is 3.81. The fraction of sp³-hybridized carbons (Fsp3) is 0.476. The summed E-state index contributed by atoms with van der Waals surface area (Å²) in [5, 5.41) is 11.4. The maximum atomic E-state index is 12.8. The van der Waals surface area contributed by atoms with Crippen LogP contribution in [0.1, 0.15) is 0 Å². The lowest BCUT2D eigenvalue weighted by atomic mass is 10.2. The van der Waals surface area contributed by atoms with Gasteiger partial charge in [0.2, 0.25) is 0 Å². The molecule has 0 bridgehead atoms. The van der Waals surface area contributed by atoms with Gasteiger partial charge in [-0.1, -0.05) is 6.07 Å². The molecule has 0 spiro atoms. The maximum absolute atomic E-state index is 12.8. The number of hydrogen-bond donors (Lipinski definition) is 1. The van der Waals surface area contributed by atoms with Crippen molar-refractivity contribution in [1.82, 2.24) is 15.1 Å². The van der Waals surface area contributed by atoms with Crippen LogP contribution in [0, 0.1) is 0 Å². The first-order chi connectivity index (χ1) is 15.2. The number of aromatic nitrogens is 2. The van der Waals surface area contributed by atoms with Crippen LogP contribution in [-0.2, 0) is 4.74 Å². The third-order valence-corrected chi connectivity index (χ3v) is 5.54. The second-order valence-corrected chi connectivity index (χ2v) is 7.32. The van der Waals surface area contributed by atoms with Gasteiger partial charge in [0.05, 0.1) is 45.0 Å². The third-order valence-electron chi connectivity index (χ3n) is 5.54. The van der Waals surface area contributed by atoms with Crippen LogP contribution >= 0.6 is 0 Å². The smallest absolute Gasteiger partial charge is 0.322 e. The van der Waals surface area contributed by atoms with E-state index in [0.717, 1.165) is 37.8 Å². The third kappa shape index (κ3) is 4.74. The second kappa shape index (κ2) is 9.69. The van der Waals surface area contributed by atoms with E-state index in [-0.39, 0.29) is 6.03 Å². The lowest BCUT2D eigenvalue weighted by Gasteiger charge is -2.35. The highest BCUT2D eigenvalue weighted by atomic mass is 16.5. The molecule has 10 heteroatoms. The van der Waals surface area contributed by atoms with E-state index in [2.05, 4.69) is 31.4 Å². The van der Waals surface area contributed by atoms with E-state index in [1.807, 2.05) is 6.07 Å². The first-order valence-corrected chi connectivity index (χ1v) is 10.4. The molecule has 2 aromatic rings. The van der Waals surface area contributed by atoms with E-state index in [4.69, 9.17) is 14.2 Å². The predicted molar refractivity (Wildman–Crippen MR) is 117 cm³/mol. The van der Waals surface area contributed by atoms with Gasteiger partial charge in [-0.3, -0.25) is 0 Å². The van der Waals surface area contributed by atoms with Gasteiger partial charge < -0.3 is 34.2 Å². The molecule has 2 amide bonds. The number of hydrogen-bond acceptors (Lipinski definition) is 8. The number of anilines is 3. The lowest BCUT2D eigenvalue weighted by molar-refractivity contribution is 0.122. The molecule has 10 nitrogen and oxygen atoms in total. The van der Waals surface area contributed by atoms with Gasteiger partial charge in [-0.05, 0) is 12.1 Å². The normalized spacial score (nSPS) is 16.8. The summed E-state index contributed by atoms with van der Waals surface area (Å²) < 4.78 is 16.1. The average Bonchev–Trinajstić information content (AvgIpc) is 2.84. The van der Waals surface area contributed by atoms with Crippen molar-refractivity contribution in [2.75, 3.05) is 81.8 Å². The first-order valence-electron chi connectivity index (χ1n) is 10.4. The van der Waals surface area contributed by atoms with Crippen LogP contribution in [-0.4, -0.2) is 87.8 Å². The molecule has 0 unspecified atom stereocenters. The minimum Gasteiger partial charge on any atom is -0.493 e. The fourth-order valence-electron chi connectivity index (χ4n) is 3.81. The summed E-state index contributed by atoms with van der Waals surface area (Å²) in [4.78, 5) is 19.0. The van der Waals surface area contributed by atoms with Crippen LogP contribution in [0.3, 0.4) is 0 Å². The summed E-state index contributed by atoms with van der Waals surface area (Å²) in [6.07, 6.45) is 1.79. The SMILES string of the molecule is COc1cccc(NC(=O)N2CCN(c3cc(N4CCOCC4)cnn3)CC2)c1OC. The summed E-state index contributed by atoms with van der Waals surface area (Å²) in [6, 6.07) is 7.30. The number of amides is 2. The van der Waals surface area contributed by atoms with Gasteiger partial charge in [-0.25, -0.2) is 4.79 Å². The zero-order valence-corrected chi connectivity index (χ0v) is 17.9. The molecule has 0 aliphatic carbocycles. The number of benzene rings is 1. The number of urea groups is 1. The van der Waals surface area contributed by atoms with Crippen LogP contribution in [0.25, 0.3) is 0 Å². The number of methoxy groups -OCH3 is 2. The van der Waals surface area contributed by atoms with Crippen molar-refractivity contribution >= 4 is 23.2 Å². The Kier molecular flexibility index (Phi) is 6.56. The van der Waals surface area contributed by atoms with Gasteiger partial charge in [0, 0.05) is 45.3 Å². The van der Waals surface area contributed by atoms with Crippen LogP contribution in [0.5, 0.6) is 11.5 Å². The Morgan fingerprint density at radius 3 is 2.52 bits per heavy atom. The summed E-state index contributed by atoms with van der Waals surface area (Å²) in [5.74, 6) is 1.91. The van der Waals surface area contributed by atoms with E-state index in [1.165, 1.54) is 0 Å². The van der Waals surface area contributed by atoms with Crippen molar-refractivity contribution in [3.63, 3.8) is 0 Å². The van der Waals surface area contributed by atoms with Gasteiger partial charge in [-0.15, -0.1) is 5.10 Å². The number of carbonyl (C=O) groups excluding carboxylic acids is 1. The molecule has 1 aromatic carbocycles. The van der Waals surface area contributed by atoms with E-state index in [9.17, 15) is 4.79 Å². The molecule has 0 saturated carbocycles. The Labute approximate surface area is 181 Å². The summed E-state index contributed by atoms with van der Waals surface area (Å²) in [5.41, 5.74) is 1.64. The van der Waals surface area contributed by atoms with Crippen molar-refractivity contribution in [3.05, 3.63) is 30.5 Å². The molecular formula is C21H28N6O4. The Bertz CT molecular complexity index is 897. The molecule has 3 heterocycles. The van der Waals surface area contributed by atoms with Crippen molar-refractivity contribution in [3.8, 4) is 11.5 Å². The number of piperazine rings is 1. The quantitative estimate of drug-likeness (QED) is 0.769. The summed E-state index contributed by atoms with van der Waals surface area (Å²) >= 11 is 0.